The number of benzene rings is 2. The molecule has 7 nitrogen and oxygen atoms in total. The summed E-state index contributed by atoms with van der Waals surface area (Å²) in [7, 11) is 1.50. The molecule has 4 rings (SSSR count). The Morgan fingerprint density at radius 2 is 1.75 bits per heavy atom. The summed E-state index contributed by atoms with van der Waals surface area (Å²) in [4.78, 5) is 18.9. The summed E-state index contributed by atoms with van der Waals surface area (Å²) < 4.78 is 84.1. The first-order valence-corrected chi connectivity index (χ1v) is 13.8. The SMILES string of the molecule is COc1ccc2ncc(Cl)c([C@H](O)CCC3(C(=O)NO)CCN(CC#Cc4cc(C(F)(F)F)cc(C(F)(F)F)c4)CC3)c2c1. The van der Waals surface area contributed by atoms with Crippen molar-refractivity contribution in [2.24, 2.45) is 5.41 Å². The minimum Gasteiger partial charge on any atom is -0.497 e. The number of ether oxygens (including phenoxy) is 1. The number of pyridine rings is 1. The van der Waals surface area contributed by atoms with Gasteiger partial charge in [-0.05, 0) is 62.1 Å². The van der Waals surface area contributed by atoms with Gasteiger partial charge in [-0.3, -0.25) is 19.9 Å². The number of aliphatic hydroxyl groups is 1. The highest BCUT2D eigenvalue weighted by atomic mass is 35.5. The summed E-state index contributed by atoms with van der Waals surface area (Å²) in [6.45, 7) is 0.618. The Morgan fingerprint density at radius 1 is 1.11 bits per heavy atom. The van der Waals surface area contributed by atoms with Crippen LogP contribution in [-0.4, -0.2) is 52.8 Å². The average molecular weight is 644 g/mol. The second-order valence-corrected chi connectivity index (χ2v) is 11.0. The second-order valence-electron chi connectivity index (χ2n) is 10.6. The Hall–Kier alpha value is -3.57. The first kappa shape index (κ1) is 33.3. The number of aromatic nitrogens is 1. The van der Waals surface area contributed by atoms with Crippen molar-refractivity contribution in [2.45, 2.75) is 44.1 Å². The number of alkyl halides is 6. The number of carbonyl (C=O) groups excluding carboxylic acids is 1. The fraction of sp³-hybridized carbons (Fsp3) is 0.400. The van der Waals surface area contributed by atoms with E-state index in [-0.39, 0.29) is 43.3 Å². The first-order valence-electron chi connectivity index (χ1n) is 13.4. The number of nitrogens with zero attached hydrogens (tertiary/aromatic N) is 2. The summed E-state index contributed by atoms with van der Waals surface area (Å²) in [6, 6.07) is 6.32. The van der Waals surface area contributed by atoms with Crippen LogP contribution in [-0.2, 0) is 17.1 Å². The van der Waals surface area contributed by atoms with Gasteiger partial charge in [0.15, 0.2) is 0 Å². The number of aliphatic hydroxyl groups excluding tert-OH is 1. The third kappa shape index (κ3) is 7.55. The minimum atomic E-state index is -4.97. The molecule has 1 saturated heterocycles. The Kier molecular flexibility index (Phi) is 9.99. The third-order valence-corrected chi connectivity index (χ3v) is 8.12. The van der Waals surface area contributed by atoms with E-state index in [1.54, 1.807) is 28.6 Å². The van der Waals surface area contributed by atoms with E-state index >= 15 is 0 Å². The highest BCUT2D eigenvalue weighted by Crippen LogP contribution is 2.41. The summed E-state index contributed by atoms with van der Waals surface area (Å²) in [5.41, 5.74) is -1.67. The molecule has 0 spiro atoms. The van der Waals surface area contributed by atoms with Crippen LogP contribution in [0.1, 0.15) is 54.0 Å². The molecule has 0 aliphatic carbocycles. The molecule has 2 heterocycles. The lowest BCUT2D eigenvalue weighted by atomic mass is 9.73. The first-order chi connectivity index (χ1) is 20.7. The van der Waals surface area contributed by atoms with Crippen molar-refractivity contribution in [2.75, 3.05) is 26.7 Å². The van der Waals surface area contributed by atoms with E-state index in [1.807, 2.05) is 0 Å². The molecule has 236 valence electrons. The van der Waals surface area contributed by atoms with Crippen molar-refractivity contribution in [3.63, 3.8) is 0 Å². The molecule has 1 aromatic heterocycles. The van der Waals surface area contributed by atoms with E-state index in [1.165, 1.54) is 13.3 Å². The number of amides is 1. The maximum Gasteiger partial charge on any atom is 0.416 e. The Balaban J connectivity index is 1.46. The highest BCUT2D eigenvalue weighted by Gasteiger charge is 2.41. The van der Waals surface area contributed by atoms with Crippen LogP contribution in [0.15, 0.2) is 42.6 Å². The smallest absolute Gasteiger partial charge is 0.416 e. The lowest BCUT2D eigenvalue weighted by molar-refractivity contribution is -0.144. The Morgan fingerprint density at radius 3 is 2.32 bits per heavy atom. The van der Waals surface area contributed by atoms with Gasteiger partial charge in [-0.25, -0.2) is 5.48 Å². The van der Waals surface area contributed by atoms with Crippen molar-refractivity contribution in [3.05, 3.63) is 69.9 Å². The predicted molar refractivity (Wildman–Crippen MR) is 149 cm³/mol. The number of likely N-dealkylation sites (tertiary alicyclic amines) is 1. The molecule has 2 aromatic carbocycles. The number of hydroxylamine groups is 1. The van der Waals surface area contributed by atoms with Crippen LogP contribution in [0.25, 0.3) is 10.9 Å². The number of hydrogen-bond acceptors (Lipinski definition) is 6. The molecule has 0 saturated carbocycles. The van der Waals surface area contributed by atoms with E-state index in [9.17, 15) is 41.5 Å². The molecule has 0 radical (unpaired) electrons. The molecule has 1 atom stereocenters. The zero-order chi connectivity index (χ0) is 32.3. The lowest BCUT2D eigenvalue weighted by Gasteiger charge is -2.40. The normalized spacial score (nSPS) is 16.2. The molecule has 1 fully saturated rings. The van der Waals surface area contributed by atoms with Crippen molar-refractivity contribution < 1.29 is 46.2 Å². The van der Waals surface area contributed by atoms with Crippen LogP contribution in [0, 0.1) is 17.3 Å². The zero-order valence-electron chi connectivity index (χ0n) is 23.3. The molecule has 14 heteroatoms. The van der Waals surface area contributed by atoms with Crippen molar-refractivity contribution in [3.8, 4) is 17.6 Å². The molecular formula is C30H28ClF6N3O4. The van der Waals surface area contributed by atoms with Crippen LogP contribution in [0.5, 0.6) is 5.75 Å². The van der Waals surface area contributed by atoms with Gasteiger partial charge in [-0.15, -0.1) is 0 Å². The molecule has 1 amide bonds. The van der Waals surface area contributed by atoms with Crippen molar-refractivity contribution in [1.82, 2.24) is 15.4 Å². The summed E-state index contributed by atoms with van der Waals surface area (Å²) in [5.74, 6) is 4.92. The summed E-state index contributed by atoms with van der Waals surface area (Å²) in [6.07, 6.45) is -8.83. The van der Waals surface area contributed by atoms with Gasteiger partial charge in [0.1, 0.15) is 5.75 Å². The van der Waals surface area contributed by atoms with E-state index < -0.39 is 46.5 Å². The van der Waals surface area contributed by atoms with E-state index in [2.05, 4.69) is 16.8 Å². The zero-order valence-corrected chi connectivity index (χ0v) is 24.1. The predicted octanol–water partition coefficient (Wildman–Crippen LogP) is 6.39. The maximum atomic E-state index is 13.1. The molecule has 3 N–H and O–H groups in total. The molecule has 1 aliphatic rings. The number of piperidine rings is 1. The van der Waals surface area contributed by atoms with E-state index in [0.717, 1.165) is 0 Å². The van der Waals surface area contributed by atoms with Gasteiger partial charge in [-0.2, -0.15) is 26.3 Å². The van der Waals surface area contributed by atoms with Gasteiger partial charge in [0.2, 0.25) is 5.91 Å². The van der Waals surface area contributed by atoms with Crippen LogP contribution in [0.3, 0.4) is 0 Å². The fourth-order valence-corrected chi connectivity index (χ4v) is 5.60. The molecule has 1 aliphatic heterocycles. The molecule has 3 aromatic rings. The maximum absolute atomic E-state index is 13.1. The minimum absolute atomic E-state index is 0.0253. The van der Waals surface area contributed by atoms with Gasteiger partial charge < -0.3 is 9.84 Å². The summed E-state index contributed by atoms with van der Waals surface area (Å²) >= 11 is 6.40. The van der Waals surface area contributed by atoms with Crippen LogP contribution >= 0.6 is 11.6 Å². The highest BCUT2D eigenvalue weighted by molar-refractivity contribution is 6.32. The fourth-order valence-electron chi connectivity index (χ4n) is 5.32. The van der Waals surface area contributed by atoms with Gasteiger partial charge in [-0.1, -0.05) is 23.4 Å². The van der Waals surface area contributed by atoms with Crippen LogP contribution in [0.4, 0.5) is 26.3 Å². The number of carbonyl (C=O) groups is 1. The molecule has 44 heavy (non-hydrogen) atoms. The van der Waals surface area contributed by atoms with Gasteiger partial charge in [0, 0.05) is 35.8 Å². The number of halogens is 7. The van der Waals surface area contributed by atoms with E-state index in [0.29, 0.717) is 47.4 Å². The number of fused-ring (bicyclic) bond motifs is 1. The Bertz CT molecular complexity index is 1540. The number of nitrogens with one attached hydrogen (secondary N) is 1. The monoisotopic (exact) mass is 643 g/mol. The van der Waals surface area contributed by atoms with Gasteiger partial charge in [0.25, 0.3) is 0 Å². The molecular weight excluding hydrogens is 616 g/mol. The molecule has 0 bridgehead atoms. The lowest BCUT2D eigenvalue weighted by Crippen LogP contribution is -2.48. The number of hydrogen-bond donors (Lipinski definition) is 3. The largest absolute Gasteiger partial charge is 0.497 e. The second kappa shape index (κ2) is 13.2. The van der Waals surface area contributed by atoms with Crippen LogP contribution in [0.2, 0.25) is 5.02 Å². The standard InChI is InChI=1S/C30H28ClF6N3O4/c1-44-21-4-5-24-22(16-21)26(23(31)17-38-24)25(41)6-7-28(27(42)39-43)8-11-40(12-9-28)10-2-3-18-13-19(29(32,33)34)15-20(14-18)30(35,36)37/h4-5,13-17,25,41,43H,6-12H2,1H3,(H,39,42)/t25-/m1/s1. The average Bonchev–Trinajstić information content (AvgIpc) is 2.98. The van der Waals surface area contributed by atoms with E-state index in [4.69, 9.17) is 16.3 Å². The van der Waals surface area contributed by atoms with Crippen molar-refractivity contribution in [1.29, 1.82) is 0 Å². The third-order valence-electron chi connectivity index (χ3n) is 7.82. The number of rotatable bonds is 7. The quantitative estimate of drug-likeness (QED) is 0.120. The Labute approximate surface area is 253 Å². The van der Waals surface area contributed by atoms with Gasteiger partial charge in [0.05, 0.1) is 46.8 Å². The van der Waals surface area contributed by atoms with Crippen molar-refractivity contribution >= 4 is 28.4 Å². The van der Waals surface area contributed by atoms with Crippen LogP contribution < -0.4 is 10.2 Å². The molecule has 0 unspecified atom stereocenters. The topological polar surface area (TPSA) is 94.9 Å². The number of methoxy groups -OCH3 is 1. The van der Waals surface area contributed by atoms with Gasteiger partial charge >= 0.3 is 12.4 Å². The summed E-state index contributed by atoms with van der Waals surface area (Å²) in [5, 5.41) is 21.4.